The Balaban J connectivity index is 2.34. The lowest BCUT2D eigenvalue weighted by molar-refractivity contribution is -0.00000142. The Morgan fingerprint density at radius 2 is 2.00 bits per heavy atom. The highest BCUT2D eigenvalue weighted by Crippen LogP contribution is 2.29. The van der Waals surface area contributed by atoms with Crippen LogP contribution in [0.15, 0.2) is 34.7 Å². The van der Waals surface area contributed by atoms with Gasteiger partial charge in [-0.3, -0.25) is 0 Å². The molecule has 3 heteroatoms. The monoisotopic (exact) mass is 261 g/mol. The van der Waals surface area contributed by atoms with E-state index in [4.69, 9.17) is 9.15 Å². The molecule has 1 N–H and O–H groups in total. The van der Waals surface area contributed by atoms with E-state index in [0.717, 1.165) is 16.7 Å². The lowest BCUT2D eigenvalue weighted by atomic mass is 9.97. The average Bonchev–Trinajstić information content (AvgIpc) is 2.81. The fourth-order valence-corrected chi connectivity index (χ4v) is 2.49. The van der Waals surface area contributed by atoms with Gasteiger partial charge in [-0.2, -0.15) is 0 Å². The van der Waals surface area contributed by atoms with Gasteiger partial charge in [0, 0.05) is 12.0 Å². The summed E-state index contributed by atoms with van der Waals surface area (Å²) in [6, 6.07) is 10.3. The topological polar surface area (TPSA) is 34.4 Å². The second kappa shape index (κ2) is 6.22. The predicted octanol–water partition coefficient (Wildman–Crippen LogP) is 3.75. The van der Waals surface area contributed by atoms with Crippen molar-refractivity contribution >= 4 is 11.0 Å². The van der Waals surface area contributed by atoms with Crippen LogP contribution in [0.25, 0.3) is 11.0 Å². The number of hydrogen-bond donors (Lipinski definition) is 1. The molecule has 3 nitrogen and oxygen atoms in total. The molecule has 2 aromatic rings. The van der Waals surface area contributed by atoms with Gasteiger partial charge in [0.25, 0.3) is 0 Å². The highest BCUT2D eigenvalue weighted by molar-refractivity contribution is 5.77. The van der Waals surface area contributed by atoms with Crippen molar-refractivity contribution < 1.29 is 9.15 Å². The molecule has 1 aromatic heterocycles. The van der Waals surface area contributed by atoms with Crippen LogP contribution < -0.4 is 5.32 Å². The van der Waals surface area contributed by atoms with E-state index in [2.05, 4.69) is 31.3 Å². The van der Waals surface area contributed by atoms with E-state index >= 15 is 0 Å². The number of fused-ring (bicyclic) bond motifs is 1. The van der Waals surface area contributed by atoms with Crippen molar-refractivity contribution in [3.05, 3.63) is 36.1 Å². The third-order valence-corrected chi connectivity index (χ3v) is 3.41. The van der Waals surface area contributed by atoms with Crippen LogP contribution in [0, 0.1) is 5.92 Å². The van der Waals surface area contributed by atoms with Crippen LogP contribution in [0.4, 0.5) is 0 Å². The van der Waals surface area contributed by atoms with Crippen LogP contribution in [-0.4, -0.2) is 19.8 Å². The van der Waals surface area contributed by atoms with Gasteiger partial charge in [-0.05, 0) is 32.0 Å². The zero-order valence-electron chi connectivity index (χ0n) is 12.1. The lowest BCUT2D eigenvalue weighted by Crippen LogP contribution is -2.35. The van der Waals surface area contributed by atoms with Gasteiger partial charge in [0.1, 0.15) is 11.3 Å². The Kier molecular flexibility index (Phi) is 4.61. The number of para-hydroxylation sites is 1. The summed E-state index contributed by atoms with van der Waals surface area (Å²) in [4.78, 5) is 0. The molecular weight excluding hydrogens is 238 g/mol. The van der Waals surface area contributed by atoms with Crippen molar-refractivity contribution in [1.29, 1.82) is 0 Å². The third-order valence-electron chi connectivity index (χ3n) is 3.41. The molecule has 0 aliphatic heterocycles. The van der Waals surface area contributed by atoms with Gasteiger partial charge in [0.05, 0.1) is 12.1 Å². The summed E-state index contributed by atoms with van der Waals surface area (Å²) in [6.07, 6.45) is 0.107. The third kappa shape index (κ3) is 2.99. The summed E-state index contributed by atoms with van der Waals surface area (Å²) in [7, 11) is 1.95. The second-order valence-electron chi connectivity index (χ2n) is 5.12. The van der Waals surface area contributed by atoms with Gasteiger partial charge in [-0.15, -0.1) is 0 Å². The Hall–Kier alpha value is -1.32. The Morgan fingerprint density at radius 1 is 1.26 bits per heavy atom. The van der Waals surface area contributed by atoms with E-state index in [1.165, 1.54) is 0 Å². The molecule has 0 aliphatic rings. The number of hydrogen-bond acceptors (Lipinski definition) is 3. The number of ether oxygens (including phenoxy) is 1. The van der Waals surface area contributed by atoms with E-state index in [1.807, 2.05) is 32.2 Å². The molecule has 0 saturated heterocycles. The molecule has 104 valence electrons. The molecule has 2 rings (SSSR count). The van der Waals surface area contributed by atoms with Gasteiger partial charge < -0.3 is 14.5 Å². The maximum absolute atomic E-state index is 5.96. The molecule has 2 atom stereocenters. The minimum Gasteiger partial charge on any atom is -0.459 e. The van der Waals surface area contributed by atoms with Crippen LogP contribution in [0.2, 0.25) is 0 Å². The molecule has 0 fully saturated rings. The molecular formula is C16H23NO2. The number of rotatable bonds is 6. The molecule has 0 bridgehead atoms. The van der Waals surface area contributed by atoms with Gasteiger partial charge in [-0.1, -0.05) is 32.0 Å². The summed E-state index contributed by atoms with van der Waals surface area (Å²) in [5.74, 6) is 1.36. The predicted molar refractivity (Wildman–Crippen MR) is 78.3 cm³/mol. The molecule has 0 saturated carbocycles. The van der Waals surface area contributed by atoms with Crippen LogP contribution in [-0.2, 0) is 4.74 Å². The largest absolute Gasteiger partial charge is 0.459 e. The number of benzene rings is 1. The van der Waals surface area contributed by atoms with Crippen LogP contribution in [0.3, 0.4) is 0 Å². The van der Waals surface area contributed by atoms with E-state index in [-0.39, 0.29) is 12.1 Å². The zero-order chi connectivity index (χ0) is 13.8. The molecule has 19 heavy (non-hydrogen) atoms. The van der Waals surface area contributed by atoms with Gasteiger partial charge in [-0.25, -0.2) is 0 Å². The van der Waals surface area contributed by atoms with Crippen LogP contribution in [0.5, 0.6) is 0 Å². The second-order valence-corrected chi connectivity index (χ2v) is 5.12. The quantitative estimate of drug-likeness (QED) is 0.860. The first kappa shape index (κ1) is 14.1. The van der Waals surface area contributed by atoms with Crippen LogP contribution in [0.1, 0.15) is 32.6 Å². The molecule has 0 spiro atoms. The molecule has 0 amide bonds. The normalized spacial score (nSPS) is 15.0. The number of nitrogens with one attached hydrogen (secondary N) is 1. The summed E-state index contributed by atoms with van der Waals surface area (Å²) in [5, 5.41) is 4.46. The average molecular weight is 261 g/mol. The van der Waals surface area contributed by atoms with Gasteiger partial charge >= 0.3 is 0 Å². The summed E-state index contributed by atoms with van der Waals surface area (Å²) < 4.78 is 11.8. The van der Waals surface area contributed by atoms with Crippen molar-refractivity contribution in [1.82, 2.24) is 5.32 Å². The van der Waals surface area contributed by atoms with Crippen LogP contribution >= 0.6 is 0 Å². The number of furan rings is 1. The highest BCUT2D eigenvalue weighted by Gasteiger charge is 2.28. The zero-order valence-corrected chi connectivity index (χ0v) is 12.1. The minimum absolute atomic E-state index is 0.0762. The standard InChI is InChI=1S/C16H23NO2/c1-5-18-16(11(2)3)15(17-4)14-10-12-8-6-7-9-13(12)19-14/h6-11,15-17H,5H2,1-4H3. The lowest BCUT2D eigenvalue weighted by Gasteiger charge is -2.28. The summed E-state index contributed by atoms with van der Waals surface area (Å²) >= 11 is 0. The van der Waals surface area contributed by atoms with Crippen molar-refractivity contribution in [2.45, 2.75) is 32.9 Å². The van der Waals surface area contributed by atoms with E-state index < -0.39 is 0 Å². The first-order chi connectivity index (χ1) is 9.17. The smallest absolute Gasteiger partial charge is 0.134 e. The van der Waals surface area contributed by atoms with Gasteiger partial charge in [0.2, 0.25) is 0 Å². The maximum atomic E-state index is 5.96. The fraction of sp³-hybridized carbons (Fsp3) is 0.500. The fourth-order valence-electron chi connectivity index (χ4n) is 2.49. The molecule has 0 aliphatic carbocycles. The van der Waals surface area contributed by atoms with Gasteiger partial charge in [0.15, 0.2) is 0 Å². The van der Waals surface area contributed by atoms with Crippen molar-refractivity contribution in [3.63, 3.8) is 0 Å². The summed E-state index contributed by atoms with van der Waals surface area (Å²) in [6.45, 7) is 7.09. The minimum atomic E-state index is 0.0762. The molecule has 0 radical (unpaired) electrons. The maximum Gasteiger partial charge on any atom is 0.134 e. The Morgan fingerprint density at radius 3 is 2.58 bits per heavy atom. The summed E-state index contributed by atoms with van der Waals surface area (Å²) in [5.41, 5.74) is 0.928. The Labute approximate surface area is 114 Å². The first-order valence-corrected chi connectivity index (χ1v) is 6.94. The van der Waals surface area contributed by atoms with Crippen molar-refractivity contribution in [2.24, 2.45) is 5.92 Å². The van der Waals surface area contributed by atoms with E-state index in [1.54, 1.807) is 0 Å². The molecule has 1 aromatic carbocycles. The molecule has 2 unspecified atom stereocenters. The Bertz CT molecular complexity index is 485. The van der Waals surface area contributed by atoms with E-state index in [9.17, 15) is 0 Å². The van der Waals surface area contributed by atoms with Crippen molar-refractivity contribution in [3.8, 4) is 0 Å². The first-order valence-electron chi connectivity index (χ1n) is 6.94. The SMILES string of the molecule is CCOC(C(C)C)C(NC)c1cc2ccccc2o1. The van der Waals surface area contributed by atoms with Crippen molar-refractivity contribution in [2.75, 3.05) is 13.7 Å². The number of likely N-dealkylation sites (N-methyl/N-ethyl adjacent to an activating group) is 1. The highest BCUT2D eigenvalue weighted by atomic mass is 16.5. The molecule has 1 heterocycles. The van der Waals surface area contributed by atoms with E-state index in [0.29, 0.717) is 12.5 Å².